The average molecular weight is 207 g/mol. The van der Waals surface area contributed by atoms with Crippen LogP contribution in [-0.2, 0) is 4.79 Å². The number of hydrogen-bond donors (Lipinski definition) is 0. The molecule has 0 aromatic heterocycles. The van der Waals surface area contributed by atoms with Crippen LogP contribution in [0, 0.1) is 11.8 Å². The zero-order valence-corrected chi connectivity index (χ0v) is 9.78. The molecule has 15 heavy (non-hydrogen) atoms. The normalized spacial score (nSPS) is 50.5. The van der Waals surface area contributed by atoms with Gasteiger partial charge < -0.3 is 0 Å². The van der Waals surface area contributed by atoms with E-state index in [1.807, 2.05) is 0 Å². The number of carbonyl (C=O) groups excluding carboxylic acids is 1. The quantitative estimate of drug-likeness (QED) is 0.607. The van der Waals surface area contributed by atoms with Crippen LogP contribution in [-0.4, -0.2) is 28.8 Å². The smallest absolute Gasteiger partial charge is 0.136 e. The second kappa shape index (κ2) is 3.31. The Balaban J connectivity index is 1.91. The molecule has 0 spiro atoms. The maximum absolute atomic E-state index is 11.7. The molecule has 0 bridgehead atoms. The minimum absolute atomic E-state index is 0.517. The van der Waals surface area contributed by atoms with Crippen LogP contribution in [0.4, 0.5) is 0 Å². The fourth-order valence-electron chi connectivity index (χ4n) is 4.32. The minimum atomic E-state index is 0.517. The predicted octanol–water partition coefficient (Wildman–Crippen LogP) is 2.23. The minimum Gasteiger partial charge on any atom is -0.300 e. The van der Waals surface area contributed by atoms with Crippen molar-refractivity contribution in [1.29, 1.82) is 0 Å². The monoisotopic (exact) mass is 207 g/mol. The van der Waals surface area contributed by atoms with Crippen molar-refractivity contribution in [1.82, 2.24) is 4.90 Å². The number of ketones is 1. The lowest BCUT2D eigenvalue weighted by Crippen LogP contribution is -2.57. The molecule has 84 valence electrons. The zero-order valence-electron chi connectivity index (χ0n) is 9.78. The van der Waals surface area contributed by atoms with Crippen molar-refractivity contribution in [3.8, 4) is 0 Å². The Labute approximate surface area is 92.0 Å². The van der Waals surface area contributed by atoms with Gasteiger partial charge in [0.05, 0.1) is 0 Å². The van der Waals surface area contributed by atoms with Crippen LogP contribution < -0.4 is 0 Å². The molecule has 0 amide bonds. The molecule has 0 aromatic rings. The molecule has 3 heterocycles. The molecule has 3 aliphatic heterocycles. The van der Waals surface area contributed by atoms with Gasteiger partial charge in [-0.1, -0.05) is 13.8 Å². The Morgan fingerprint density at radius 1 is 1.07 bits per heavy atom. The van der Waals surface area contributed by atoms with Gasteiger partial charge in [0.15, 0.2) is 0 Å². The molecule has 0 aromatic carbocycles. The first-order valence-electron chi connectivity index (χ1n) is 6.46. The fraction of sp³-hybridized carbons (Fsp3) is 0.923. The summed E-state index contributed by atoms with van der Waals surface area (Å²) in [5, 5.41) is 0. The first-order valence-corrected chi connectivity index (χ1v) is 6.46. The Bertz CT molecular complexity index is 288. The molecular formula is C13H21NO. The topological polar surface area (TPSA) is 20.3 Å². The van der Waals surface area contributed by atoms with Crippen molar-refractivity contribution in [3.63, 3.8) is 0 Å². The van der Waals surface area contributed by atoms with Crippen molar-refractivity contribution in [2.75, 3.05) is 0 Å². The summed E-state index contributed by atoms with van der Waals surface area (Å²) in [5.41, 5.74) is 0. The van der Waals surface area contributed by atoms with Gasteiger partial charge in [0.25, 0.3) is 0 Å². The lowest BCUT2D eigenvalue weighted by atomic mass is 9.77. The molecule has 0 radical (unpaired) electrons. The lowest BCUT2D eigenvalue weighted by Gasteiger charge is -2.50. The van der Waals surface area contributed by atoms with Gasteiger partial charge in [0.1, 0.15) is 5.78 Å². The van der Waals surface area contributed by atoms with Gasteiger partial charge in [-0.25, -0.2) is 0 Å². The van der Waals surface area contributed by atoms with Crippen LogP contribution in [0.2, 0.25) is 0 Å². The van der Waals surface area contributed by atoms with E-state index in [-0.39, 0.29) is 0 Å². The van der Waals surface area contributed by atoms with Crippen LogP contribution >= 0.6 is 0 Å². The predicted molar refractivity (Wildman–Crippen MR) is 59.6 cm³/mol. The van der Waals surface area contributed by atoms with Crippen molar-refractivity contribution < 1.29 is 4.79 Å². The van der Waals surface area contributed by atoms with Crippen LogP contribution in [0.5, 0.6) is 0 Å². The summed E-state index contributed by atoms with van der Waals surface area (Å²) in [4.78, 5) is 14.4. The zero-order chi connectivity index (χ0) is 10.6. The number of carbonyl (C=O) groups is 1. The molecule has 0 unspecified atom stereocenters. The summed E-state index contributed by atoms with van der Waals surface area (Å²) in [7, 11) is 0. The van der Waals surface area contributed by atoms with Gasteiger partial charge in [-0.2, -0.15) is 0 Å². The van der Waals surface area contributed by atoms with E-state index in [1.54, 1.807) is 0 Å². The van der Waals surface area contributed by atoms with Gasteiger partial charge in [-0.15, -0.1) is 0 Å². The highest BCUT2D eigenvalue weighted by atomic mass is 16.1. The second-order valence-corrected chi connectivity index (χ2v) is 5.95. The summed E-state index contributed by atoms with van der Waals surface area (Å²) in [6, 6.07) is 1.98. The third-order valence-corrected chi connectivity index (χ3v) is 4.94. The van der Waals surface area contributed by atoms with Crippen LogP contribution in [0.1, 0.15) is 46.0 Å². The Hall–Kier alpha value is -0.370. The fourth-order valence-corrected chi connectivity index (χ4v) is 4.32. The van der Waals surface area contributed by atoms with Gasteiger partial charge in [-0.3, -0.25) is 9.69 Å². The molecule has 2 nitrogen and oxygen atoms in total. The van der Waals surface area contributed by atoms with Crippen LogP contribution in [0.25, 0.3) is 0 Å². The number of Topliss-reactive ketones (excluding diaryl/α,β-unsaturated/α-hetero) is 1. The summed E-state index contributed by atoms with van der Waals surface area (Å²) >= 11 is 0. The van der Waals surface area contributed by atoms with Crippen LogP contribution in [0.3, 0.4) is 0 Å². The molecule has 3 saturated heterocycles. The maximum atomic E-state index is 11.7. The first kappa shape index (κ1) is 9.83. The number of hydrogen-bond acceptors (Lipinski definition) is 2. The third-order valence-electron chi connectivity index (χ3n) is 4.94. The standard InChI is InChI=1S/C13H21NO/c1-8-5-9(2)13-7-11(15)6-10-3-4-12(8)14(10)13/h8-10,12-13H,3-7H2,1-2H3/t8-,9-,10+,12+,13+/m1/s1. The molecule has 5 atom stereocenters. The van der Waals surface area contributed by atoms with E-state index in [1.165, 1.54) is 19.3 Å². The average Bonchev–Trinajstić information content (AvgIpc) is 2.58. The van der Waals surface area contributed by atoms with Gasteiger partial charge in [0, 0.05) is 31.0 Å². The number of nitrogens with zero attached hydrogens (tertiary/aromatic N) is 1. The molecule has 2 heteroatoms. The molecule has 3 aliphatic rings. The molecule has 0 N–H and O–H groups in total. The Kier molecular flexibility index (Phi) is 2.17. The van der Waals surface area contributed by atoms with Gasteiger partial charge in [0.2, 0.25) is 0 Å². The Morgan fingerprint density at radius 3 is 2.60 bits per heavy atom. The van der Waals surface area contributed by atoms with E-state index in [2.05, 4.69) is 18.7 Å². The van der Waals surface area contributed by atoms with Gasteiger partial charge >= 0.3 is 0 Å². The van der Waals surface area contributed by atoms with E-state index < -0.39 is 0 Å². The highest BCUT2D eigenvalue weighted by Crippen LogP contribution is 2.45. The van der Waals surface area contributed by atoms with Crippen molar-refractivity contribution in [2.24, 2.45) is 11.8 Å². The van der Waals surface area contributed by atoms with Crippen molar-refractivity contribution in [3.05, 3.63) is 0 Å². The summed E-state index contributed by atoms with van der Waals surface area (Å²) < 4.78 is 0. The summed E-state index contributed by atoms with van der Waals surface area (Å²) in [5.74, 6) is 2.08. The van der Waals surface area contributed by atoms with E-state index in [9.17, 15) is 4.79 Å². The summed E-state index contributed by atoms with van der Waals surface area (Å²) in [6.07, 6.45) is 5.60. The highest BCUT2D eigenvalue weighted by Gasteiger charge is 2.49. The van der Waals surface area contributed by atoms with Crippen LogP contribution in [0.15, 0.2) is 0 Å². The Morgan fingerprint density at radius 2 is 1.80 bits per heavy atom. The van der Waals surface area contributed by atoms with E-state index in [0.717, 1.165) is 30.7 Å². The van der Waals surface area contributed by atoms with Crippen molar-refractivity contribution in [2.45, 2.75) is 64.1 Å². The summed E-state index contributed by atoms with van der Waals surface area (Å²) in [6.45, 7) is 4.74. The molecule has 3 rings (SSSR count). The SMILES string of the molecule is C[C@@H]1C[C@@H](C)[C@@H]2CC(=O)C[C@@H]3CC[C@@H]1N32. The number of piperidine rings is 2. The van der Waals surface area contributed by atoms with Crippen molar-refractivity contribution >= 4 is 5.78 Å². The molecular weight excluding hydrogens is 186 g/mol. The first-order chi connectivity index (χ1) is 7.16. The largest absolute Gasteiger partial charge is 0.300 e. The third kappa shape index (κ3) is 1.37. The van der Waals surface area contributed by atoms with Gasteiger partial charge in [-0.05, 0) is 31.1 Å². The molecule has 3 fully saturated rings. The number of rotatable bonds is 0. The molecule has 0 saturated carbocycles. The maximum Gasteiger partial charge on any atom is 0.136 e. The molecule has 0 aliphatic carbocycles. The second-order valence-electron chi connectivity index (χ2n) is 5.95. The van der Waals surface area contributed by atoms with E-state index in [4.69, 9.17) is 0 Å². The lowest BCUT2D eigenvalue weighted by molar-refractivity contribution is -0.128. The van der Waals surface area contributed by atoms with E-state index in [0.29, 0.717) is 17.9 Å². The highest BCUT2D eigenvalue weighted by molar-refractivity contribution is 5.80. The van der Waals surface area contributed by atoms with E-state index >= 15 is 0 Å².